The SMILES string of the molecule is O=C(NCc1ccccc1)c1ccc(COc2ccc(CNC(=O)[C@@H]3CCC(=O)N3Cc3ccccc3)cc2)cc1. The Hall–Kier alpha value is -4.91. The van der Waals surface area contributed by atoms with E-state index in [2.05, 4.69) is 10.6 Å². The molecule has 1 heterocycles. The molecule has 1 saturated heterocycles. The van der Waals surface area contributed by atoms with Crippen LogP contribution in [0.4, 0.5) is 0 Å². The first-order valence-corrected chi connectivity index (χ1v) is 13.8. The van der Waals surface area contributed by atoms with E-state index >= 15 is 0 Å². The molecule has 0 radical (unpaired) electrons. The van der Waals surface area contributed by atoms with Gasteiger partial charge in [-0.25, -0.2) is 0 Å². The van der Waals surface area contributed by atoms with Crippen molar-refractivity contribution in [1.29, 1.82) is 0 Å². The number of nitrogens with one attached hydrogen (secondary N) is 2. The normalized spacial score (nSPS) is 14.5. The van der Waals surface area contributed by atoms with E-state index in [1.165, 1.54) is 0 Å². The van der Waals surface area contributed by atoms with Crippen LogP contribution in [0.2, 0.25) is 0 Å². The van der Waals surface area contributed by atoms with Crippen LogP contribution in [0.5, 0.6) is 5.75 Å². The lowest BCUT2D eigenvalue weighted by molar-refractivity contribution is -0.135. The number of hydrogen-bond acceptors (Lipinski definition) is 4. The Kier molecular flexibility index (Phi) is 9.06. The average Bonchev–Trinajstić information content (AvgIpc) is 3.39. The summed E-state index contributed by atoms with van der Waals surface area (Å²) in [6, 6.07) is 34.0. The van der Waals surface area contributed by atoms with Crippen LogP contribution in [0.25, 0.3) is 0 Å². The maximum atomic E-state index is 12.9. The summed E-state index contributed by atoms with van der Waals surface area (Å²) in [5, 5.41) is 5.91. The van der Waals surface area contributed by atoms with Gasteiger partial charge < -0.3 is 20.3 Å². The number of hydrogen-bond donors (Lipinski definition) is 2. The molecule has 4 aromatic rings. The molecule has 7 nitrogen and oxygen atoms in total. The fourth-order valence-corrected chi connectivity index (χ4v) is 4.79. The van der Waals surface area contributed by atoms with E-state index < -0.39 is 6.04 Å². The summed E-state index contributed by atoms with van der Waals surface area (Å²) in [5.41, 5.74) is 4.55. The van der Waals surface area contributed by atoms with Crippen LogP contribution in [0.1, 0.15) is 45.5 Å². The molecule has 4 aromatic carbocycles. The molecule has 1 aliphatic rings. The third kappa shape index (κ3) is 7.60. The van der Waals surface area contributed by atoms with Crippen molar-refractivity contribution in [3.63, 3.8) is 0 Å². The van der Waals surface area contributed by atoms with E-state index in [0.717, 1.165) is 22.3 Å². The number of nitrogens with zero attached hydrogens (tertiary/aromatic N) is 1. The first kappa shape index (κ1) is 27.6. The number of likely N-dealkylation sites (tertiary alicyclic amines) is 1. The first-order chi connectivity index (χ1) is 20.0. The molecule has 0 unspecified atom stereocenters. The molecule has 0 saturated carbocycles. The minimum atomic E-state index is -0.452. The Morgan fingerprint density at radius 2 is 1.29 bits per heavy atom. The van der Waals surface area contributed by atoms with Crippen molar-refractivity contribution in [2.24, 2.45) is 0 Å². The molecule has 0 bridgehead atoms. The first-order valence-electron chi connectivity index (χ1n) is 13.8. The number of amides is 3. The molecule has 1 atom stereocenters. The Bertz CT molecular complexity index is 1460. The van der Waals surface area contributed by atoms with Crippen LogP contribution in [0, 0.1) is 0 Å². The second kappa shape index (κ2) is 13.4. The molecule has 1 fully saturated rings. The molecular formula is C34H33N3O4. The highest BCUT2D eigenvalue weighted by molar-refractivity contribution is 5.94. The van der Waals surface area contributed by atoms with Crippen molar-refractivity contribution >= 4 is 17.7 Å². The van der Waals surface area contributed by atoms with Gasteiger partial charge in [0.25, 0.3) is 5.91 Å². The lowest BCUT2D eigenvalue weighted by Crippen LogP contribution is -2.44. The maximum absolute atomic E-state index is 12.9. The highest BCUT2D eigenvalue weighted by Gasteiger charge is 2.35. The van der Waals surface area contributed by atoms with Gasteiger partial charge in [-0.05, 0) is 52.9 Å². The van der Waals surface area contributed by atoms with E-state index in [1.54, 1.807) is 17.0 Å². The fraction of sp³-hybridized carbons (Fsp3) is 0.206. The summed E-state index contributed by atoms with van der Waals surface area (Å²) in [7, 11) is 0. The van der Waals surface area contributed by atoms with Crippen LogP contribution in [0.15, 0.2) is 109 Å². The molecule has 2 N–H and O–H groups in total. The second-order valence-corrected chi connectivity index (χ2v) is 10.1. The second-order valence-electron chi connectivity index (χ2n) is 10.1. The van der Waals surface area contributed by atoms with Gasteiger partial charge in [-0.1, -0.05) is 84.9 Å². The molecule has 0 aromatic heterocycles. The Morgan fingerprint density at radius 1 is 0.707 bits per heavy atom. The highest BCUT2D eigenvalue weighted by atomic mass is 16.5. The van der Waals surface area contributed by atoms with Gasteiger partial charge in [0.05, 0.1) is 0 Å². The lowest BCUT2D eigenvalue weighted by Gasteiger charge is -2.24. The van der Waals surface area contributed by atoms with Crippen molar-refractivity contribution in [3.8, 4) is 5.75 Å². The molecule has 7 heteroatoms. The number of carbonyl (C=O) groups excluding carboxylic acids is 3. The maximum Gasteiger partial charge on any atom is 0.251 e. The van der Waals surface area contributed by atoms with Crippen LogP contribution in [-0.4, -0.2) is 28.7 Å². The van der Waals surface area contributed by atoms with Crippen LogP contribution in [0.3, 0.4) is 0 Å². The number of rotatable bonds is 11. The summed E-state index contributed by atoms with van der Waals surface area (Å²) in [5.74, 6) is 0.466. The molecule has 3 amide bonds. The van der Waals surface area contributed by atoms with Gasteiger partial charge >= 0.3 is 0 Å². The van der Waals surface area contributed by atoms with Gasteiger partial charge in [-0.3, -0.25) is 14.4 Å². The summed E-state index contributed by atoms with van der Waals surface area (Å²) in [6.45, 7) is 1.66. The number of benzene rings is 4. The van der Waals surface area contributed by atoms with Crippen molar-refractivity contribution < 1.29 is 19.1 Å². The van der Waals surface area contributed by atoms with Crippen LogP contribution in [-0.2, 0) is 35.8 Å². The van der Waals surface area contributed by atoms with Gasteiger partial charge in [0.1, 0.15) is 18.4 Å². The highest BCUT2D eigenvalue weighted by Crippen LogP contribution is 2.22. The fourth-order valence-electron chi connectivity index (χ4n) is 4.79. The van der Waals surface area contributed by atoms with Crippen LogP contribution < -0.4 is 15.4 Å². The predicted molar refractivity (Wildman–Crippen MR) is 157 cm³/mol. The van der Waals surface area contributed by atoms with Gasteiger partial charge in [-0.2, -0.15) is 0 Å². The largest absolute Gasteiger partial charge is 0.489 e. The van der Waals surface area contributed by atoms with Crippen molar-refractivity contribution in [3.05, 3.63) is 137 Å². The third-order valence-electron chi connectivity index (χ3n) is 7.13. The summed E-state index contributed by atoms with van der Waals surface area (Å²) >= 11 is 0. The van der Waals surface area contributed by atoms with Crippen molar-refractivity contribution in [1.82, 2.24) is 15.5 Å². The van der Waals surface area contributed by atoms with Gasteiger partial charge in [0.15, 0.2) is 0 Å². The number of ether oxygens (including phenoxy) is 1. The van der Waals surface area contributed by atoms with Gasteiger partial charge in [-0.15, -0.1) is 0 Å². The van der Waals surface area contributed by atoms with E-state index in [9.17, 15) is 14.4 Å². The zero-order valence-electron chi connectivity index (χ0n) is 22.8. The predicted octanol–water partition coefficient (Wildman–Crippen LogP) is 5.00. The average molecular weight is 548 g/mol. The molecule has 41 heavy (non-hydrogen) atoms. The van der Waals surface area contributed by atoms with E-state index in [0.29, 0.717) is 50.4 Å². The number of carbonyl (C=O) groups is 3. The standard InChI is InChI=1S/C34H33N3O4/c38-32-20-19-31(37(32)23-27-9-5-2-6-10-27)34(40)36-22-26-13-17-30(18-14-26)41-24-28-11-15-29(16-12-28)33(39)35-21-25-7-3-1-4-8-25/h1-18,31H,19-24H2,(H,35,39)(H,36,40)/t31-/m0/s1. The smallest absolute Gasteiger partial charge is 0.251 e. The summed E-state index contributed by atoms with van der Waals surface area (Å²) in [4.78, 5) is 39.4. The summed E-state index contributed by atoms with van der Waals surface area (Å²) < 4.78 is 5.91. The van der Waals surface area contributed by atoms with Crippen molar-refractivity contribution in [2.45, 2.75) is 45.1 Å². The van der Waals surface area contributed by atoms with Crippen LogP contribution >= 0.6 is 0 Å². The molecule has 5 rings (SSSR count). The molecule has 1 aliphatic heterocycles. The Labute approximate surface area is 240 Å². The van der Waals surface area contributed by atoms with Crippen molar-refractivity contribution in [2.75, 3.05) is 0 Å². The van der Waals surface area contributed by atoms with Gasteiger partial charge in [0, 0.05) is 31.6 Å². The Balaban J connectivity index is 1.06. The molecular weight excluding hydrogens is 514 g/mol. The zero-order chi connectivity index (χ0) is 28.4. The minimum Gasteiger partial charge on any atom is -0.489 e. The molecule has 208 valence electrons. The third-order valence-corrected chi connectivity index (χ3v) is 7.13. The van der Waals surface area contributed by atoms with E-state index in [1.807, 2.05) is 97.1 Å². The summed E-state index contributed by atoms with van der Waals surface area (Å²) in [6.07, 6.45) is 0.921. The monoisotopic (exact) mass is 547 g/mol. The minimum absolute atomic E-state index is 0.0106. The topological polar surface area (TPSA) is 87.7 Å². The molecule has 0 aliphatic carbocycles. The van der Waals surface area contributed by atoms with Gasteiger partial charge in [0.2, 0.25) is 11.8 Å². The lowest BCUT2D eigenvalue weighted by atomic mass is 10.1. The van der Waals surface area contributed by atoms with E-state index in [-0.39, 0.29) is 17.7 Å². The van der Waals surface area contributed by atoms with E-state index in [4.69, 9.17) is 4.74 Å². The zero-order valence-corrected chi connectivity index (χ0v) is 22.8. The Morgan fingerprint density at radius 3 is 1.98 bits per heavy atom. The molecule has 0 spiro atoms. The quantitative estimate of drug-likeness (QED) is 0.277.